The first-order chi connectivity index (χ1) is 16.8. The van der Waals surface area contributed by atoms with Crippen LogP contribution < -0.4 is 5.32 Å². The van der Waals surface area contributed by atoms with E-state index in [1.54, 1.807) is 11.8 Å². The molecule has 0 atom stereocenters. The zero-order valence-electron chi connectivity index (χ0n) is 19.2. The molecule has 1 amide bonds. The molecule has 1 aromatic heterocycles. The molecular weight excluding hydrogens is 484 g/mol. The van der Waals surface area contributed by atoms with Crippen molar-refractivity contribution in [2.45, 2.75) is 22.8 Å². The summed E-state index contributed by atoms with van der Waals surface area (Å²) in [5, 5.41) is 10.4. The van der Waals surface area contributed by atoms with Gasteiger partial charge in [-0.15, -0.1) is 16.9 Å². The van der Waals surface area contributed by atoms with Gasteiger partial charge in [0.25, 0.3) is 5.91 Å². The molecular formula is C25H24N4O4S2. The number of hydrogen-bond donors (Lipinski definition) is 1. The molecule has 0 unspecified atom stereocenters. The third-order valence-corrected chi connectivity index (χ3v) is 7.84. The molecule has 0 saturated heterocycles. The van der Waals surface area contributed by atoms with Crippen molar-refractivity contribution >= 4 is 33.7 Å². The highest BCUT2D eigenvalue weighted by Gasteiger charge is 2.21. The minimum Gasteiger partial charge on any atom is -0.407 e. The van der Waals surface area contributed by atoms with Gasteiger partial charge < -0.3 is 4.42 Å². The summed E-state index contributed by atoms with van der Waals surface area (Å²) in [7, 11) is -2.19. The summed E-state index contributed by atoms with van der Waals surface area (Å²) in [4.78, 5) is 13.8. The fraction of sp³-hybridized carbons (Fsp3) is 0.160. The number of nitrogens with zero attached hydrogens (tertiary/aromatic N) is 3. The Balaban J connectivity index is 1.38. The maximum absolute atomic E-state index is 12.9. The van der Waals surface area contributed by atoms with E-state index in [0.717, 1.165) is 16.0 Å². The SMILES string of the molecule is CSc1ccc(Cc2nnc(NC(=O)c3ccc(S(=O)(=O)N(C)Cc4ccccc4)cc3)o2)cc1. The van der Waals surface area contributed by atoms with Crippen LogP contribution in [0.3, 0.4) is 0 Å². The molecule has 0 radical (unpaired) electrons. The molecule has 0 aliphatic rings. The summed E-state index contributed by atoms with van der Waals surface area (Å²) in [5.74, 6) is -0.105. The second-order valence-corrected chi connectivity index (χ2v) is 10.7. The lowest BCUT2D eigenvalue weighted by Gasteiger charge is -2.17. The lowest BCUT2D eigenvalue weighted by Crippen LogP contribution is -2.26. The summed E-state index contributed by atoms with van der Waals surface area (Å²) < 4.78 is 32.6. The molecule has 1 heterocycles. The van der Waals surface area contributed by atoms with E-state index < -0.39 is 15.9 Å². The van der Waals surface area contributed by atoms with Gasteiger partial charge in [-0.3, -0.25) is 10.1 Å². The number of sulfonamides is 1. The van der Waals surface area contributed by atoms with E-state index >= 15 is 0 Å². The van der Waals surface area contributed by atoms with Gasteiger partial charge in [-0.25, -0.2) is 8.42 Å². The quantitative estimate of drug-likeness (QED) is 0.333. The average molecular weight is 509 g/mol. The van der Waals surface area contributed by atoms with Crippen LogP contribution >= 0.6 is 11.8 Å². The van der Waals surface area contributed by atoms with Gasteiger partial charge in [0.2, 0.25) is 15.9 Å². The van der Waals surface area contributed by atoms with Crippen LogP contribution in [0.2, 0.25) is 0 Å². The van der Waals surface area contributed by atoms with E-state index in [2.05, 4.69) is 15.5 Å². The molecule has 4 rings (SSSR count). The van der Waals surface area contributed by atoms with Crippen LogP contribution in [0.4, 0.5) is 6.01 Å². The van der Waals surface area contributed by atoms with E-state index in [0.29, 0.717) is 12.3 Å². The number of thioether (sulfide) groups is 1. The molecule has 35 heavy (non-hydrogen) atoms. The first kappa shape index (κ1) is 24.6. The van der Waals surface area contributed by atoms with Crippen molar-refractivity contribution in [1.29, 1.82) is 0 Å². The van der Waals surface area contributed by atoms with Crippen molar-refractivity contribution in [3.05, 3.63) is 101 Å². The highest BCUT2D eigenvalue weighted by Crippen LogP contribution is 2.19. The molecule has 180 valence electrons. The van der Waals surface area contributed by atoms with Gasteiger partial charge in [0, 0.05) is 24.1 Å². The van der Waals surface area contributed by atoms with Gasteiger partial charge in [-0.05, 0) is 53.8 Å². The van der Waals surface area contributed by atoms with E-state index in [9.17, 15) is 13.2 Å². The lowest BCUT2D eigenvalue weighted by atomic mass is 10.1. The van der Waals surface area contributed by atoms with Gasteiger partial charge in [0.05, 0.1) is 11.3 Å². The highest BCUT2D eigenvalue weighted by atomic mass is 32.2. The standard InChI is InChI=1S/C25H24N4O4S2/c1-29(17-19-6-4-3-5-7-19)35(31,32)22-14-10-20(11-15-22)24(30)26-25-28-27-23(33-25)16-18-8-12-21(34-2)13-9-18/h3-15H,16-17H2,1-2H3,(H,26,28,30). The molecule has 3 aromatic carbocycles. The van der Waals surface area contributed by atoms with Crippen LogP contribution in [0.5, 0.6) is 0 Å². The van der Waals surface area contributed by atoms with Gasteiger partial charge in [-0.2, -0.15) is 4.31 Å². The number of rotatable bonds is 9. The van der Waals surface area contributed by atoms with Crippen molar-refractivity contribution in [2.24, 2.45) is 0 Å². The maximum atomic E-state index is 12.9. The van der Waals surface area contributed by atoms with Crippen molar-refractivity contribution in [2.75, 3.05) is 18.6 Å². The Morgan fingerprint density at radius 3 is 2.29 bits per heavy atom. The predicted octanol–water partition coefficient (Wildman–Crippen LogP) is 4.46. The Kier molecular flexibility index (Phi) is 7.64. The van der Waals surface area contributed by atoms with Gasteiger partial charge >= 0.3 is 6.01 Å². The molecule has 8 nitrogen and oxygen atoms in total. The third-order valence-electron chi connectivity index (χ3n) is 5.27. The molecule has 0 fully saturated rings. The van der Waals surface area contributed by atoms with Crippen LogP contribution in [0.25, 0.3) is 0 Å². The van der Waals surface area contributed by atoms with Crippen molar-refractivity contribution in [3.63, 3.8) is 0 Å². The zero-order chi connectivity index (χ0) is 24.8. The van der Waals surface area contributed by atoms with E-state index in [1.807, 2.05) is 60.9 Å². The van der Waals surface area contributed by atoms with E-state index in [-0.39, 0.29) is 23.0 Å². The van der Waals surface area contributed by atoms with E-state index in [1.165, 1.54) is 35.6 Å². The topological polar surface area (TPSA) is 105 Å². The maximum Gasteiger partial charge on any atom is 0.322 e. The molecule has 4 aromatic rings. The number of amides is 1. The average Bonchev–Trinajstić information content (AvgIpc) is 3.31. The Hall–Kier alpha value is -3.47. The number of carbonyl (C=O) groups excluding carboxylic acids is 1. The summed E-state index contributed by atoms with van der Waals surface area (Å²) in [6.45, 7) is 0.243. The third kappa shape index (κ3) is 6.16. The lowest BCUT2D eigenvalue weighted by molar-refractivity contribution is 0.102. The predicted molar refractivity (Wildman–Crippen MR) is 135 cm³/mol. The van der Waals surface area contributed by atoms with Crippen molar-refractivity contribution < 1.29 is 17.6 Å². The first-order valence-corrected chi connectivity index (χ1v) is 13.4. The van der Waals surface area contributed by atoms with Crippen LogP contribution in [-0.4, -0.2) is 42.1 Å². The Morgan fingerprint density at radius 2 is 1.63 bits per heavy atom. The zero-order valence-corrected chi connectivity index (χ0v) is 20.8. The number of anilines is 1. The second kappa shape index (κ2) is 10.9. The van der Waals surface area contributed by atoms with Crippen molar-refractivity contribution in [3.8, 4) is 0 Å². The number of benzene rings is 3. The normalized spacial score (nSPS) is 11.5. The Morgan fingerprint density at radius 1 is 0.943 bits per heavy atom. The first-order valence-electron chi connectivity index (χ1n) is 10.7. The molecule has 0 bridgehead atoms. The molecule has 0 spiro atoms. The fourth-order valence-electron chi connectivity index (χ4n) is 3.35. The number of carbonyl (C=O) groups is 1. The highest BCUT2D eigenvalue weighted by molar-refractivity contribution is 7.98. The Labute approximate surface area is 208 Å². The van der Waals surface area contributed by atoms with Crippen LogP contribution in [0.15, 0.2) is 93.1 Å². The number of aromatic nitrogens is 2. The van der Waals surface area contributed by atoms with Crippen LogP contribution in [0, 0.1) is 0 Å². The smallest absolute Gasteiger partial charge is 0.322 e. The summed E-state index contributed by atoms with van der Waals surface area (Å²) in [6, 6.07) is 23.0. The largest absolute Gasteiger partial charge is 0.407 e. The van der Waals surface area contributed by atoms with Crippen LogP contribution in [0.1, 0.15) is 27.4 Å². The van der Waals surface area contributed by atoms with Gasteiger partial charge in [-0.1, -0.05) is 47.6 Å². The molecule has 1 N–H and O–H groups in total. The van der Waals surface area contributed by atoms with Gasteiger partial charge in [0.1, 0.15) is 0 Å². The minimum absolute atomic E-state index is 0.0231. The van der Waals surface area contributed by atoms with Crippen LogP contribution in [-0.2, 0) is 23.0 Å². The number of hydrogen-bond acceptors (Lipinski definition) is 7. The molecule has 10 heteroatoms. The molecule has 0 saturated carbocycles. The van der Waals surface area contributed by atoms with E-state index in [4.69, 9.17) is 4.42 Å². The molecule has 0 aliphatic heterocycles. The van der Waals surface area contributed by atoms with Gasteiger partial charge in [0.15, 0.2) is 0 Å². The van der Waals surface area contributed by atoms with Crippen molar-refractivity contribution in [1.82, 2.24) is 14.5 Å². The summed E-state index contributed by atoms with van der Waals surface area (Å²) >= 11 is 1.66. The second-order valence-electron chi connectivity index (χ2n) is 7.75. The Bertz CT molecular complexity index is 1390. The summed E-state index contributed by atoms with van der Waals surface area (Å²) in [6.07, 6.45) is 2.46. The number of nitrogens with one attached hydrogen (secondary N) is 1. The summed E-state index contributed by atoms with van der Waals surface area (Å²) in [5.41, 5.74) is 2.16. The minimum atomic E-state index is -3.71. The fourth-order valence-corrected chi connectivity index (χ4v) is 4.91. The molecule has 0 aliphatic carbocycles. The monoisotopic (exact) mass is 508 g/mol.